The highest BCUT2D eigenvalue weighted by molar-refractivity contribution is 5.72. The van der Waals surface area contributed by atoms with Gasteiger partial charge in [-0.15, -0.1) is 0 Å². The molecule has 3 aromatic carbocycles. The predicted molar refractivity (Wildman–Crippen MR) is 89.3 cm³/mol. The van der Waals surface area contributed by atoms with Gasteiger partial charge in [0.25, 0.3) is 5.69 Å². The van der Waals surface area contributed by atoms with Crippen molar-refractivity contribution in [2.45, 2.75) is 6.61 Å². The Bertz CT molecular complexity index is 801. The number of nitrogens with zero attached hydrogens (tertiary/aromatic N) is 1. The normalized spacial score (nSPS) is 10.3. The lowest BCUT2D eigenvalue weighted by atomic mass is 10.0. The maximum absolute atomic E-state index is 11.0. The fourth-order valence-electron chi connectivity index (χ4n) is 2.34. The minimum atomic E-state index is -0.395. The number of non-ortho nitro benzene ring substituents is 1. The van der Waals surface area contributed by atoms with Gasteiger partial charge in [0.15, 0.2) is 0 Å². The summed E-state index contributed by atoms with van der Waals surface area (Å²) in [4.78, 5) is 10.6. The van der Waals surface area contributed by atoms with Crippen LogP contribution < -0.4 is 4.74 Å². The van der Waals surface area contributed by atoms with E-state index in [1.54, 1.807) is 12.1 Å². The molecule has 4 heteroatoms. The molecule has 0 amide bonds. The maximum atomic E-state index is 11.0. The van der Waals surface area contributed by atoms with Gasteiger partial charge in [0.05, 0.1) is 4.92 Å². The van der Waals surface area contributed by atoms with Gasteiger partial charge in [-0.05, 0) is 17.2 Å². The minimum absolute atomic E-state index is 0.0518. The predicted octanol–water partition coefficient (Wildman–Crippen LogP) is 4.84. The molecule has 23 heavy (non-hydrogen) atoms. The van der Waals surface area contributed by atoms with Crippen molar-refractivity contribution in [2.75, 3.05) is 0 Å². The maximum Gasteiger partial charge on any atom is 0.270 e. The Balaban J connectivity index is 1.94. The van der Waals surface area contributed by atoms with Crippen LogP contribution in [0.5, 0.6) is 5.75 Å². The standard InChI is InChI=1S/C19H15NO3/c21-20(22)17-11-12-19(23-14-15-7-3-1-4-8-15)18(13-17)16-9-5-2-6-10-16/h1-13H,14H2. The average molecular weight is 305 g/mol. The molecule has 3 aromatic rings. The van der Waals surface area contributed by atoms with Crippen LogP contribution in [-0.4, -0.2) is 4.92 Å². The molecule has 0 aliphatic heterocycles. The second-order valence-corrected chi connectivity index (χ2v) is 5.08. The van der Waals surface area contributed by atoms with Crippen molar-refractivity contribution in [1.82, 2.24) is 0 Å². The molecule has 0 saturated heterocycles. The summed E-state index contributed by atoms with van der Waals surface area (Å²) in [6.45, 7) is 0.415. The van der Waals surface area contributed by atoms with Crippen molar-refractivity contribution in [3.8, 4) is 16.9 Å². The van der Waals surface area contributed by atoms with E-state index in [1.165, 1.54) is 6.07 Å². The Kier molecular flexibility index (Phi) is 4.34. The first-order valence-electron chi connectivity index (χ1n) is 7.24. The first-order valence-corrected chi connectivity index (χ1v) is 7.24. The van der Waals surface area contributed by atoms with E-state index in [9.17, 15) is 10.1 Å². The molecule has 0 spiro atoms. The van der Waals surface area contributed by atoms with Gasteiger partial charge in [0, 0.05) is 17.7 Å². The molecule has 0 bridgehead atoms. The van der Waals surface area contributed by atoms with E-state index >= 15 is 0 Å². The van der Waals surface area contributed by atoms with E-state index in [0.717, 1.165) is 16.7 Å². The quantitative estimate of drug-likeness (QED) is 0.500. The van der Waals surface area contributed by atoms with Crippen molar-refractivity contribution in [1.29, 1.82) is 0 Å². The third-order valence-electron chi connectivity index (χ3n) is 3.50. The fourth-order valence-corrected chi connectivity index (χ4v) is 2.34. The van der Waals surface area contributed by atoms with E-state index in [0.29, 0.717) is 12.4 Å². The summed E-state index contributed by atoms with van der Waals surface area (Å²) < 4.78 is 5.89. The van der Waals surface area contributed by atoms with Crippen LogP contribution in [0.2, 0.25) is 0 Å². The van der Waals surface area contributed by atoms with Crippen molar-refractivity contribution in [2.24, 2.45) is 0 Å². The molecule has 114 valence electrons. The first-order chi connectivity index (χ1) is 11.2. The highest BCUT2D eigenvalue weighted by atomic mass is 16.6. The van der Waals surface area contributed by atoms with E-state index in [4.69, 9.17) is 4.74 Å². The number of nitro groups is 1. The van der Waals surface area contributed by atoms with Gasteiger partial charge in [-0.3, -0.25) is 10.1 Å². The highest BCUT2D eigenvalue weighted by Gasteiger charge is 2.13. The summed E-state index contributed by atoms with van der Waals surface area (Å²) in [5.41, 5.74) is 2.70. The molecule has 0 aliphatic rings. The van der Waals surface area contributed by atoms with Gasteiger partial charge >= 0.3 is 0 Å². The molecule has 0 atom stereocenters. The summed E-state index contributed by atoms with van der Waals surface area (Å²) >= 11 is 0. The Hall–Kier alpha value is -3.14. The van der Waals surface area contributed by atoms with Crippen LogP contribution in [0, 0.1) is 10.1 Å². The molecule has 0 fully saturated rings. The zero-order valence-corrected chi connectivity index (χ0v) is 12.4. The molecule has 0 aliphatic carbocycles. The number of rotatable bonds is 5. The lowest BCUT2D eigenvalue weighted by molar-refractivity contribution is -0.384. The van der Waals surface area contributed by atoms with Gasteiger partial charge in [-0.25, -0.2) is 0 Å². The Morgan fingerprint density at radius 3 is 2.17 bits per heavy atom. The number of hydrogen-bond donors (Lipinski definition) is 0. The van der Waals surface area contributed by atoms with Gasteiger partial charge in [-0.2, -0.15) is 0 Å². The van der Waals surface area contributed by atoms with E-state index in [1.807, 2.05) is 60.7 Å². The molecular formula is C19H15NO3. The molecule has 0 N–H and O–H groups in total. The third-order valence-corrected chi connectivity index (χ3v) is 3.50. The van der Waals surface area contributed by atoms with Crippen LogP contribution in [-0.2, 0) is 6.61 Å². The SMILES string of the molecule is O=[N+]([O-])c1ccc(OCc2ccccc2)c(-c2ccccc2)c1. The summed E-state index contributed by atoms with van der Waals surface area (Å²) in [5, 5.41) is 11.0. The molecule has 0 aromatic heterocycles. The van der Waals surface area contributed by atoms with Crippen molar-refractivity contribution < 1.29 is 9.66 Å². The smallest absolute Gasteiger partial charge is 0.270 e. The molecule has 0 heterocycles. The largest absolute Gasteiger partial charge is 0.488 e. The Morgan fingerprint density at radius 1 is 0.870 bits per heavy atom. The van der Waals surface area contributed by atoms with E-state index in [-0.39, 0.29) is 5.69 Å². The molecule has 0 unspecified atom stereocenters. The summed E-state index contributed by atoms with van der Waals surface area (Å²) in [6.07, 6.45) is 0. The molecule has 0 saturated carbocycles. The number of hydrogen-bond acceptors (Lipinski definition) is 3. The number of ether oxygens (including phenoxy) is 1. The zero-order valence-electron chi connectivity index (χ0n) is 12.4. The first kappa shape index (κ1) is 14.8. The summed E-state index contributed by atoms with van der Waals surface area (Å²) in [5.74, 6) is 0.630. The Morgan fingerprint density at radius 2 is 1.52 bits per heavy atom. The summed E-state index contributed by atoms with van der Waals surface area (Å²) in [6, 6.07) is 24.0. The van der Waals surface area contributed by atoms with Gasteiger partial charge in [-0.1, -0.05) is 60.7 Å². The Labute approximate surface area is 134 Å². The van der Waals surface area contributed by atoms with Gasteiger partial charge in [0.2, 0.25) is 0 Å². The average Bonchev–Trinajstić information content (AvgIpc) is 2.61. The summed E-state index contributed by atoms with van der Waals surface area (Å²) in [7, 11) is 0. The van der Waals surface area contributed by atoms with Crippen LogP contribution in [0.4, 0.5) is 5.69 Å². The molecule has 4 nitrogen and oxygen atoms in total. The van der Waals surface area contributed by atoms with Gasteiger partial charge in [0.1, 0.15) is 12.4 Å². The second-order valence-electron chi connectivity index (χ2n) is 5.08. The van der Waals surface area contributed by atoms with Crippen LogP contribution in [0.3, 0.4) is 0 Å². The van der Waals surface area contributed by atoms with Crippen LogP contribution >= 0.6 is 0 Å². The zero-order chi connectivity index (χ0) is 16.1. The molecule has 3 rings (SSSR count). The van der Waals surface area contributed by atoms with Crippen LogP contribution in [0.25, 0.3) is 11.1 Å². The highest BCUT2D eigenvalue weighted by Crippen LogP contribution is 2.33. The monoisotopic (exact) mass is 305 g/mol. The minimum Gasteiger partial charge on any atom is -0.488 e. The lowest BCUT2D eigenvalue weighted by Gasteiger charge is -2.12. The second kappa shape index (κ2) is 6.75. The van der Waals surface area contributed by atoms with Crippen molar-refractivity contribution >= 4 is 5.69 Å². The van der Waals surface area contributed by atoms with Crippen molar-refractivity contribution in [3.05, 3.63) is 94.5 Å². The van der Waals surface area contributed by atoms with E-state index in [2.05, 4.69) is 0 Å². The molecule has 0 radical (unpaired) electrons. The van der Waals surface area contributed by atoms with Gasteiger partial charge < -0.3 is 4.74 Å². The topological polar surface area (TPSA) is 52.4 Å². The molecular weight excluding hydrogens is 290 g/mol. The lowest BCUT2D eigenvalue weighted by Crippen LogP contribution is -1.98. The van der Waals surface area contributed by atoms with Crippen LogP contribution in [0.15, 0.2) is 78.9 Å². The fraction of sp³-hybridized carbons (Fsp3) is 0.0526. The van der Waals surface area contributed by atoms with E-state index < -0.39 is 4.92 Å². The number of nitro benzene ring substituents is 1. The third kappa shape index (κ3) is 3.55. The van der Waals surface area contributed by atoms with Crippen molar-refractivity contribution in [3.63, 3.8) is 0 Å². The number of benzene rings is 3. The van der Waals surface area contributed by atoms with Crippen LogP contribution in [0.1, 0.15) is 5.56 Å².